The monoisotopic (exact) mass is 750 g/mol. The molecule has 3 aromatic carbocycles. The molecule has 7 aromatic rings. The van der Waals surface area contributed by atoms with Gasteiger partial charge in [0, 0.05) is 52.2 Å². The van der Waals surface area contributed by atoms with Crippen LogP contribution < -0.4 is 0 Å². The molecule has 0 saturated carbocycles. The molecule has 2 unspecified atom stereocenters. The fourth-order valence-electron chi connectivity index (χ4n) is 5.56. The van der Waals surface area contributed by atoms with E-state index in [-0.39, 0.29) is 12.2 Å². The number of hydrogen-bond acceptors (Lipinski definition) is 10. The van der Waals surface area contributed by atoms with Crippen LogP contribution in [0.3, 0.4) is 0 Å². The Balaban J connectivity index is 1.23. The highest BCUT2D eigenvalue weighted by Crippen LogP contribution is 2.48. The first-order valence-electron chi connectivity index (χ1n) is 14.7. The van der Waals surface area contributed by atoms with E-state index >= 15 is 0 Å². The summed E-state index contributed by atoms with van der Waals surface area (Å²) in [5.74, 6) is 0. The number of aryl methyl sites for hydroxylation is 2. The highest BCUT2D eigenvalue weighted by atomic mass is 32.2. The molecule has 0 amide bonds. The quantitative estimate of drug-likeness (QED) is 0.143. The number of hydrogen-bond donors (Lipinski definition) is 0. The summed E-state index contributed by atoms with van der Waals surface area (Å²) in [6.45, 7) is 4.24. The van der Waals surface area contributed by atoms with Gasteiger partial charge in [-0.25, -0.2) is 0 Å². The van der Waals surface area contributed by atoms with Crippen molar-refractivity contribution in [3.63, 3.8) is 0 Å². The van der Waals surface area contributed by atoms with Gasteiger partial charge in [-0.3, -0.25) is 0 Å². The molecule has 4 aromatic heterocycles. The summed E-state index contributed by atoms with van der Waals surface area (Å²) in [4.78, 5) is 2.44. The minimum Gasteiger partial charge on any atom is -0.469 e. The third-order valence-corrected chi connectivity index (χ3v) is 15.0. The van der Waals surface area contributed by atoms with Crippen LogP contribution in [0.4, 0.5) is 0 Å². The fourth-order valence-corrected chi connectivity index (χ4v) is 11.4. The Bertz CT molecular complexity index is 2040. The second kappa shape index (κ2) is 13.8. The molecule has 7 rings (SSSR count). The van der Waals surface area contributed by atoms with Crippen molar-refractivity contribution < 1.29 is 9.47 Å². The first kappa shape index (κ1) is 32.5. The number of thiophene rings is 4. The molecule has 46 heavy (non-hydrogen) atoms. The maximum atomic E-state index is 6.33. The van der Waals surface area contributed by atoms with Gasteiger partial charge in [0.05, 0.1) is 9.40 Å². The molecule has 0 saturated heterocycles. The predicted octanol–water partition coefficient (Wildman–Crippen LogP) is 13.1. The molecule has 0 aliphatic heterocycles. The number of fused-ring (bicyclic) bond motifs is 6. The van der Waals surface area contributed by atoms with Crippen molar-refractivity contribution in [2.75, 3.05) is 12.5 Å². The molecule has 0 bridgehead atoms. The summed E-state index contributed by atoms with van der Waals surface area (Å²) in [5, 5.41) is 2.65. The van der Waals surface area contributed by atoms with Crippen LogP contribution in [0, 0.1) is 13.8 Å². The molecule has 2 atom stereocenters. The van der Waals surface area contributed by atoms with Crippen LogP contribution in [0.25, 0.3) is 39.0 Å². The standard InChI is InChI=1S/C36H30O2S8/c1-19-5-9-21(10-6-19)13-25(37-35(39)41-3)29-17-31-33(45-29)23-15-28-24(16-27(23)43-31)34-32(44-28)18-30(46-34)26(38-36(40)42-4)14-22-11-7-20(2)8-12-22/h5-12,15-18,25-26H,13-14H2,1-4H3. The van der Waals surface area contributed by atoms with Crippen LogP contribution in [0.1, 0.15) is 44.2 Å². The molecule has 0 aliphatic carbocycles. The Morgan fingerprint density at radius 2 is 0.978 bits per heavy atom. The number of benzene rings is 3. The highest BCUT2D eigenvalue weighted by Gasteiger charge is 2.23. The van der Waals surface area contributed by atoms with Crippen LogP contribution in [0.15, 0.2) is 72.8 Å². The molecular weight excluding hydrogens is 721 g/mol. The second-order valence-electron chi connectivity index (χ2n) is 11.2. The van der Waals surface area contributed by atoms with E-state index in [1.54, 1.807) is 0 Å². The molecule has 234 valence electrons. The summed E-state index contributed by atoms with van der Waals surface area (Å²) in [6, 6.07) is 26.9. The maximum absolute atomic E-state index is 6.33. The summed E-state index contributed by atoms with van der Waals surface area (Å²) in [5.41, 5.74) is 5.02. The lowest BCUT2D eigenvalue weighted by atomic mass is 10.1. The smallest absolute Gasteiger partial charge is 0.220 e. The van der Waals surface area contributed by atoms with E-state index in [0.717, 1.165) is 12.8 Å². The van der Waals surface area contributed by atoms with Gasteiger partial charge in [-0.1, -0.05) is 83.2 Å². The Labute approximate surface area is 304 Å². The average Bonchev–Trinajstić information content (AvgIpc) is 3.81. The van der Waals surface area contributed by atoms with Crippen molar-refractivity contribution in [3.8, 4) is 0 Å². The predicted molar refractivity (Wildman–Crippen MR) is 218 cm³/mol. The van der Waals surface area contributed by atoms with Gasteiger partial charge >= 0.3 is 0 Å². The second-order valence-corrected chi connectivity index (χ2v) is 18.4. The van der Waals surface area contributed by atoms with E-state index in [9.17, 15) is 0 Å². The Morgan fingerprint density at radius 3 is 1.35 bits per heavy atom. The zero-order valence-corrected chi connectivity index (χ0v) is 32.1. The zero-order chi connectivity index (χ0) is 31.9. The molecule has 4 heterocycles. The van der Waals surface area contributed by atoms with Gasteiger partial charge < -0.3 is 9.47 Å². The van der Waals surface area contributed by atoms with E-state index < -0.39 is 0 Å². The largest absolute Gasteiger partial charge is 0.469 e. The molecule has 10 heteroatoms. The van der Waals surface area contributed by atoms with Gasteiger partial charge in [0.15, 0.2) is 0 Å². The van der Waals surface area contributed by atoms with Gasteiger partial charge in [-0.15, -0.1) is 45.3 Å². The van der Waals surface area contributed by atoms with Gasteiger partial charge in [0.2, 0.25) is 8.77 Å². The van der Waals surface area contributed by atoms with Gasteiger partial charge in [-0.2, -0.15) is 0 Å². The number of ether oxygens (including phenoxy) is 2. The molecule has 0 spiro atoms. The highest BCUT2D eigenvalue weighted by molar-refractivity contribution is 8.22. The van der Waals surface area contributed by atoms with Gasteiger partial charge in [0.25, 0.3) is 0 Å². The van der Waals surface area contributed by atoms with E-state index in [1.165, 1.54) is 94.5 Å². The van der Waals surface area contributed by atoms with Crippen LogP contribution in [-0.2, 0) is 22.3 Å². The van der Waals surface area contributed by atoms with Crippen molar-refractivity contribution in [2.45, 2.75) is 38.9 Å². The summed E-state index contributed by atoms with van der Waals surface area (Å²) in [7, 11) is 0. The van der Waals surface area contributed by atoms with E-state index in [1.807, 2.05) is 57.9 Å². The maximum Gasteiger partial charge on any atom is 0.220 e. The zero-order valence-electron chi connectivity index (χ0n) is 25.6. The third-order valence-electron chi connectivity index (χ3n) is 7.97. The average molecular weight is 751 g/mol. The minimum absolute atomic E-state index is 0.106. The lowest BCUT2D eigenvalue weighted by Crippen LogP contribution is -2.09. The molecule has 0 N–H and O–H groups in total. The van der Waals surface area contributed by atoms with Crippen LogP contribution >= 0.6 is 93.3 Å². The van der Waals surface area contributed by atoms with Crippen molar-refractivity contribution in [1.29, 1.82) is 0 Å². The van der Waals surface area contributed by atoms with E-state index in [2.05, 4.69) is 86.6 Å². The van der Waals surface area contributed by atoms with Crippen molar-refractivity contribution in [1.82, 2.24) is 0 Å². The summed E-state index contributed by atoms with van der Waals surface area (Å²) >= 11 is 21.4. The number of rotatable bonds is 8. The summed E-state index contributed by atoms with van der Waals surface area (Å²) < 4.78 is 21.7. The van der Waals surface area contributed by atoms with Crippen molar-refractivity contribution >= 4 is 141 Å². The Hall–Kier alpha value is -2.02. The minimum atomic E-state index is -0.106. The van der Waals surface area contributed by atoms with Crippen molar-refractivity contribution in [2.24, 2.45) is 0 Å². The molecule has 2 nitrogen and oxygen atoms in total. The fraction of sp³-hybridized carbons (Fsp3) is 0.222. The Kier molecular flexibility index (Phi) is 9.78. The lowest BCUT2D eigenvalue weighted by Gasteiger charge is -2.18. The molecular formula is C36H30O2S8. The number of thioether (sulfide) groups is 2. The van der Waals surface area contributed by atoms with Gasteiger partial charge in [0.1, 0.15) is 12.2 Å². The SMILES string of the molecule is CSC(=S)OC(Cc1ccc(C)cc1)c1cc2sc3cc4c(cc3c2s1)sc1cc(C(Cc2ccc(C)cc2)OC(=S)SC)sc14. The molecule has 0 radical (unpaired) electrons. The number of thiocarbonyl (C=S) groups is 2. The van der Waals surface area contributed by atoms with Gasteiger partial charge in [-0.05, 0) is 86.2 Å². The van der Waals surface area contributed by atoms with Crippen molar-refractivity contribution in [3.05, 3.63) is 105 Å². The summed E-state index contributed by atoms with van der Waals surface area (Å²) in [6.07, 6.45) is 5.31. The van der Waals surface area contributed by atoms with E-state index in [0.29, 0.717) is 8.77 Å². The van der Waals surface area contributed by atoms with E-state index in [4.69, 9.17) is 33.9 Å². The molecule has 0 fully saturated rings. The normalized spacial score (nSPS) is 13.1. The third kappa shape index (κ3) is 6.78. The van der Waals surface area contributed by atoms with Crippen LogP contribution in [-0.4, -0.2) is 21.3 Å². The first-order valence-corrected chi connectivity index (χ1v) is 21.2. The topological polar surface area (TPSA) is 18.5 Å². The lowest BCUT2D eigenvalue weighted by molar-refractivity contribution is 0.209. The molecule has 0 aliphatic rings. The Morgan fingerprint density at radius 1 is 0.587 bits per heavy atom. The van der Waals surface area contributed by atoms with Crippen LogP contribution in [0.5, 0.6) is 0 Å². The first-order chi connectivity index (χ1) is 22.3. The van der Waals surface area contributed by atoms with Crippen LogP contribution in [0.2, 0.25) is 0 Å².